The van der Waals surface area contributed by atoms with Crippen LogP contribution < -0.4 is 5.14 Å². The third kappa shape index (κ3) is 2.02. The van der Waals surface area contributed by atoms with Gasteiger partial charge in [0.25, 0.3) is 0 Å². The number of rotatable bonds is 1. The standard InChI is InChI=1S/C9H13NO3S3/c1-9(2)4-14-8-5(7(9)11)3-6(15-8)16(10,12)13/h3,7,11H,4H2,1-2H3,(H2,10,12,13). The summed E-state index contributed by atoms with van der Waals surface area (Å²) >= 11 is 2.71. The molecule has 90 valence electrons. The highest BCUT2D eigenvalue weighted by Gasteiger charge is 2.37. The van der Waals surface area contributed by atoms with Crippen LogP contribution in [0.3, 0.4) is 0 Å². The number of primary sulfonamides is 1. The maximum Gasteiger partial charge on any atom is 0.247 e. The summed E-state index contributed by atoms with van der Waals surface area (Å²) in [6, 6.07) is 1.49. The number of thioether (sulfide) groups is 1. The van der Waals surface area contributed by atoms with Crippen molar-refractivity contribution in [1.82, 2.24) is 0 Å². The Labute approximate surface area is 103 Å². The van der Waals surface area contributed by atoms with Gasteiger partial charge < -0.3 is 5.11 Å². The summed E-state index contributed by atoms with van der Waals surface area (Å²) in [5, 5.41) is 15.2. The molecule has 1 unspecified atom stereocenters. The molecule has 2 heterocycles. The molecule has 0 saturated carbocycles. The van der Waals surface area contributed by atoms with Gasteiger partial charge in [0, 0.05) is 16.7 Å². The molecular formula is C9H13NO3S3. The van der Waals surface area contributed by atoms with Crippen molar-refractivity contribution in [1.29, 1.82) is 0 Å². The minimum absolute atomic E-state index is 0.127. The zero-order chi connectivity index (χ0) is 12.1. The Morgan fingerprint density at radius 1 is 1.56 bits per heavy atom. The van der Waals surface area contributed by atoms with E-state index in [2.05, 4.69) is 0 Å². The predicted octanol–water partition coefficient (Wildman–Crippen LogP) is 1.56. The van der Waals surface area contributed by atoms with Crippen LogP contribution in [-0.4, -0.2) is 19.3 Å². The third-order valence-corrected chi connectivity index (χ3v) is 6.95. The summed E-state index contributed by atoms with van der Waals surface area (Å²) in [5.74, 6) is 0.770. The van der Waals surface area contributed by atoms with Gasteiger partial charge in [0.1, 0.15) is 4.21 Å². The van der Waals surface area contributed by atoms with Crippen LogP contribution in [0.15, 0.2) is 14.5 Å². The molecule has 1 atom stereocenters. The fourth-order valence-electron chi connectivity index (χ4n) is 1.56. The SMILES string of the molecule is CC1(C)CSc2sc(S(N)(=O)=O)cc2C1O. The van der Waals surface area contributed by atoms with E-state index >= 15 is 0 Å². The first-order valence-electron chi connectivity index (χ1n) is 4.69. The Balaban J connectivity index is 2.51. The Morgan fingerprint density at radius 3 is 2.75 bits per heavy atom. The summed E-state index contributed by atoms with van der Waals surface area (Å²) in [6.07, 6.45) is -0.629. The van der Waals surface area contributed by atoms with E-state index < -0.39 is 16.1 Å². The van der Waals surface area contributed by atoms with Crippen LogP contribution in [0.25, 0.3) is 0 Å². The van der Waals surface area contributed by atoms with E-state index in [1.54, 1.807) is 11.8 Å². The van der Waals surface area contributed by atoms with E-state index in [9.17, 15) is 13.5 Å². The number of thiophene rings is 1. The summed E-state index contributed by atoms with van der Waals surface area (Å²) in [4.78, 5) is 0. The number of sulfonamides is 1. The fraction of sp³-hybridized carbons (Fsp3) is 0.556. The zero-order valence-corrected chi connectivity index (χ0v) is 11.4. The van der Waals surface area contributed by atoms with Crippen LogP contribution in [-0.2, 0) is 10.0 Å². The molecule has 7 heteroatoms. The first kappa shape index (κ1) is 12.4. The number of nitrogens with two attached hydrogens (primary N) is 1. The highest BCUT2D eigenvalue weighted by Crippen LogP contribution is 2.50. The number of hydrogen-bond donors (Lipinski definition) is 2. The average Bonchev–Trinajstić information content (AvgIpc) is 2.55. The van der Waals surface area contributed by atoms with E-state index in [1.165, 1.54) is 6.07 Å². The number of aliphatic hydroxyl groups is 1. The molecule has 0 aliphatic carbocycles. The van der Waals surface area contributed by atoms with Crippen LogP contribution in [0.1, 0.15) is 25.5 Å². The summed E-state index contributed by atoms with van der Waals surface area (Å²) in [5.41, 5.74) is 0.448. The lowest BCUT2D eigenvalue weighted by molar-refractivity contribution is 0.0617. The van der Waals surface area contributed by atoms with Crippen LogP contribution in [0.4, 0.5) is 0 Å². The molecular weight excluding hydrogens is 266 g/mol. The first-order valence-corrected chi connectivity index (χ1v) is 8.04. The highest BCUT2D eigenvalue weighted by atomic mass is 32.3. The molecule has 4 nitrogen and oxygen atoms in total. The minimum atomic E-state index is -3.66. The van der Waals surface area contributed by atoms with Crippen molar-refractivity contribution in [2.45, 2.75) is 28.4 Å². The molecule has 1 aromatic rings. The lowest BCUT2D eigenvalue weighted by Gasteiger charge is -2.34. The molecule has 0 spiro atoms. The van der Waals surface area contributed by atoms with Gasteiger partial charge in [0.05, 0.1) is 10.3 Å². The second kappa shape index (κ2) is 3.71. The van der Waals surface area contributed by atoms with Gasteiger partial charge >= 0.3 is 0 Å². The number of fused-ring (bicyclic) bond motifs is 1. The van der Waals surface area contributed by atoms with E-state index in [-0.39, 0.29) is 9.62 Å². The monoisotopic (exact) mass is 279 g/mol. The summed E-state index contributed by atoms with van der Waals surface area (Å²) < 4.78 is 23.4. The van der Waals surface area contributed by atoms with Crippen molar-refractivity contribution < 1.29 is 13.5 Å². The minimum Gasteiger partial charge on any atom is -0.388 e. The molecule has 16 heavy (non-hydrogen) atoms. The predicted molar refractivity (Wildman–Crippen MR) is 65.2 cm³/mol. The first-order chi connectivity index (χ1) is 7.22. The molecule has 0 amide bonds. The van der Waals surface area contributed by atoms with Crippen LogP contribution >= 0.6 is 23.1 Å². The van der Waals surface area contributed by atoms with Gasteiger partial charge in [-0.05, 0) is 6.07 Å². The van der Waals surface area contributed by atoms with E-state index in [0.717, 1.165) is 21.3 Å². The van der Waals surface area contributed by atoms with E-state index in [0.29, 0.717) is 5.56 Å². The van der Waals surface area contributed by atoms with Crippen LogP contribution in [0, 0.1) is 5.41 Å². The zero-order valence-electron chi connectivity index (χ0n) is 8.93. The Morgan fingerprint density at radius 2 is 2.19 bits per heavy atom. The van der Waals surface area contributed by atoms with Crippen LogP contribution in [0.2, 0.25) is 0 Å². The fourth-order valence-corrected chi connectivity index (χ4v) is 5.06. The van der Waals surface area contributed by atoms with Crippen LogP contribution in [0.5, 0.6) is 0 Å². The lowest BCUT2D eigenvalue weighted by atomic mass is 9.85. The maximum atomic E-state index is 11.2. The van der Waals surface area contributed by atoms with E-state index in [1.807, 2.05) is 13.8 Å². The van der Waals surface area contributed by atoms with Gasteiger partial charge in [-0.15, -0.1) is 23.1 Å². The lowest BCUT2D eigenvalue weighted by Crippen LogP contribution is -2.27. The maximum absolute atomic E-state index is 11.2. The summed E-state index contributed by atoms with van der Waals surface area (Å²) in [7, 11) is -3.66. The Hall–Kier alpha value is -0.0800. The van der Waals surface area contributed by atoms with Crippen molar-refractivity contribution in [3.05, 3.63) is 11.6 Å². The second-order valence-corrected chi connectivity index (χ2v) is 8.62. The Kier molecular flexibility index (Phi) is 2.87. The van der Waals surface area contributed by atoms with Crippen molar-refractivity contribution in [2.75, 3.05) is 5.75 Å². The molecule has 0 radical (unpaired) electrons. The van der Waals surface area contributed by atoms with Gasteiger partial charge in [0.2, 0.25) is 10.0 Å². The van der Waals surface area contributed by atoms with Crippen molar-refractivity contribution >= 4 is 33.1 Å². The molecule has 3 N–H and O–H groups in total. The van der Waals surface area contributed by atoms with Gasteiger partial charge in [-0.25, -0.2) is 13.6 Å². The molecule has 0 bridgehead atoms. The Bertz CT molecular complexity index is 518. The van der Waals surface area contributed by atoms with Gasteiger partial charge in [-0.1, -0.05) is 13.8 Å². The topological polar surface area (TPSA) is 80.4 Å². The third-order valence-electron chi connectivity index (χ3n) is 2.59. The average molecular weight is 279 g/mol. The smallest absolute Gasteiger partial charge is 0.247 e. The van der Waals surface area contributed by atoms with E-state index in [4.69, 9.17) is 5.14 Å². The van der Waals surface area contributed by atoms with Gasteiger partial charge in [-0.3, -0.25) is 0 Å². The molecule has 2 rings (SSSR count). The largest absolute Gasteiger partial charge is 0.388 e. The molecule has 1 aromatic heterocycles. The second-order valence-electron chi connectivity index (χ2n) is 4.53. The van der Waals surface area contributed by atoms with Gasteiger partial charge in [0.15, 0.2) is 0 Å². The quantitative estimate of drug-likeness (QED) is 0.817. The van der Waals surface area contributed by atoms with Crippen molar-refractivity contribution in [3.8, 4) is 0 Å². The van der Waals surface area contributed by atoms with Crippen molar-refractivity contribution in [3.63, 3.8) is 0 Å². The number of hydrogen-bond acceptors (Lipinski definition) is 5. The highest BCUT2D eigenvalue weighted by molar-refractivity contribution is 8.01. The normalized spacial score (nSPS) is 24.1. The summed E-state index contributed by atoms with van der Waals surface area (Å²) in [6.45, 7) is 3.92. The van der Waals surface area contributed by atoms with Crippen molar-refractivity contribution in [2.24, 2.45) is 10.6 Å². The molecule has 1 aliphatic rings. The molecule has 1 aliphatic heterocycles. The number of aliphatic hydroxyl groups excluding tert-OH is 1. The molecule has 0 fully saturated rings. The molecule has 0 aromatic carbocycles. The van der Waals surface area contributed by atoms with Gasteiger partial charge in [-0.2, -0.15) is 0 Å². The molecule has 0 saturated heterocycles.